The Morgan fingerprint density at radius 1 is 1.10 bits per heavy atom. The number of hydrogen-bond acceptors (Lipinski definition) is 4. The number of fused-ring (bicyclic) bond motifs is 7. The zero-order valence-electron chi connectivity index (χ0n) is 17.2. The Labute approximate surface area is 179 Å². The maximum atomic E-state index is 11.1. The maximum Gasteiger partial charge on any atom is 0.269 e. The molecule has 2 aliphatic heterocycles. The second-order valence-corrected chi connectivity index (χ2v) is 8.40. The molecule has 156 valence electrons. The van der Waals surface area contributed by atoms with Gasteiger partial charge in [-0.2, -0.15) is 0 Å². The van der Waals surface area contributed by atoms with Gasteiger partial charge in [0.05, 0.1) is 17.1 Å². The molecule has 2 aliphatic rings. The van der Waals surface area contributed by atoms with Gasteiger partial charge in [-0.05, 0) is 37.1 Å². The summed E-state index contributed by atoms with van der Waals surface area (Å²) in [4.78, 5) is 10.7. The van der Waals surface area contributed by atoms with E-state index in [4.69, 9.17) is 4.74 Å². The lowest BCUT2D eigenvalue weighted by atomic mass is 9.79. The van der Waals surface area contributed by atoms with Gasteiger partial charge in [-0.3, -0.25) is 10.1 Å². The molecule has 4 aromatic rings. The van der Waals surface area contributed by atoms with E-state index >= 15 is 0 Å². The minimum absolute atomic E-state index is 0.0104. The number of nitro benzene ring substituents is 1. The van der Waals surface area contributed by atoms with Crippen LogP contribution in [-0.4, -0.2) is 16.1 Å². The number of nitrogens with one attached hydrogen (secondary N) is 1. The van der Waals surface area contributed by atoms with E-state index in [2.05, 4.69) is 53.2 Å². The SMILES string of the molecule is CCn1c2ccccc2c2c3c(ccc21)N[C@@H](c1ccc([N+](=O)[O-])cc1)[C@@H]1CCO[C@H]31. The molecule has 0 aliphatic carbocycles. The Balaban J connectivity index is 1.54. The predicted molar refractivity (Wildman–Crippen MR) is 121 cm³/mol. The van der Waals surface area contributed by atoms with Gasteiger partial charge in [0.2, 0.25) is 0 Å². The van der Waals surface area contributed by atoms with Crippen molar-refractivity contribution in [2.24, 2.45) is 5.92 Å². The first kappa shape index (κ1) is 18.4. The molecule has 0 saturated carbocycles. The summed E-state index contributed by atoms with van der Waals surface area (Å²) in [6, 6.07) is 20.0. The van der Waals surface area contributed by atoms with Gasteiger partial charge in [-0.15, -0.1) is 0 Å². The zero-order chi connectivity index (χ0) is 21.1. The molecule has 0 bridgehead atoms. The van der Waals surface area contributed by atoms with E-state index in [1.807, 2.05) is 12.1 Å². The van der Waals surface area contributed by atoms with Crippen molar-refractivity contribution in [3.63, 3.8) is 0 Å². The lowest BCUT2D eigenvalue weighted by Crippen LogP contribution is -2.29. The van der Waals surface area contributed by atoms with Gasteiger partial charge >= 0.3 is 0 Å². The molecule has 1 N–H and O–H groups in total. The molecule has 1 fully saturated rings. The molecule has 6 heteroatoms. The number of para-hydroxylation sites is 1. The summed E-state index contributed by atoms with van der Waals surface area (Å²) < 4.78 is 8.71. The highest BCUT2D eigenvalue weighted by atomic mass is 16.6. The van der Waals surface area contributed by atoms with Crippen molar-refractivity contribution in [1.82, 2.24) is 4.57 Å². The highest BCUT2D eigenvalue weighted by Crippen LogP contribution is 2.53. The van der Waals surface area contributed by atoms with Crippen LogP contribution in [0.25, 0.3) is 21.8 Å². The Bertz CT molecular complexity index is 1330. The van der Waals surface area contributed by atoms with Crippen molar-refractivity contribution < 1.29 is 9.66 Å². The monoisotopic (exact) mass is 413 g/mol. The lowest BCUT2D eigenvalue weighted by molar-refractivity contribution is -0.384. The summed E-state index contributed by atoms with van der Waals surface area (Å²) in [5, 5.41) is 17.4. The summed E-state index contributed by atoms with van der Waals surface area (Å²) in [6.07, 6.45) is 0.970. The number of hydrogen-bond donors (Lipinski definition) is 1. The predicted octanol–water partition coefficient (Wildman–Crippen LogP) is 5.97. The fraction of sp³-hybridized carbons (Fsp3) is 0.280. The van der Waals surface area contributed by atoms with E-state index in [-0.39, 0.29) is 28.7 Å². The van der Waals surface area contributed by atoms with Crippen LogP contribution in [0, 0.1) is 16.0 Å². The van der Waals surface area contributed by atoms with Gasteiger partial charge < -0.3 is 14.6 Å². The van der Waals surface area contributed by atoms with Crippen LogP contribution in [0.2, 0.25) is 0 Å². The van der Waals surface area contributed by atoms with Crippen molar-refractivity contribution in [3.8, 4) is 0 Å². The standard InChI is InChI=1S/C25H23N3O3/c1-2-27-20-6-4-3-5-17(20)22-21(27)12-11-19-23(22)25-18(13-14-31-25)24(26-19)15-7-9-16(10-8-15)28(29)30/h3-12,18,24-26H,2,13-14H2,1H3/t18-,24-,25-/m0/s1. The van der Waals surface area contributed by atoms with Gasteiger partial charge in [-0.1, -0.05) is 30.3 Å². The van der Waals surface area contributed by atoms with Crippen molar-refractivity contribution in [2.75, 3.05) is 11.9 Å². The topological polar surface area (TPSA) is 69.3 Å². The van der Waals surface area contributed by atoms with E-state index in [0.717, 1.165) is 30.8 Å². The van der Waals surface area contributed by atoms with E-state index in [1.54, 1.807) is 12.1 Å². The minimum atomic E-state index is -0.352. The number of aromatic nitrogens is 1. The molecule has 0 spiro atoms. The maximum absolute atomic E-state index is 11.1. The Morgan fingerprint density at radius 3 is 2.68 bits per heavy atom. The second kappa shape index (κ2) is 6.82. The van der Waals surface area contributed by atoms with Crippen molar-refractivity contribution in [3.05, 3.63) is 81.9 Å². The molecule has 3 atom stereocenters. The summed E-state index contributed by atoms with van der Waals surface area (Å²) in [6.45, 7) is 3.82. The highest BCUT2D eigenvalue weighted by molar-refractivity contribution is 6.11. The summed E-state index contributed by atoms with van der Waals surface area (Å²) in [7, 11) is 0. The van der Waals surface area contributed by atoms with Gasteiger partial charge in [-0.25, -0.2) is 0 Å². The molecule has 6 nitrogen and oxygen atoms in total. The van der Waals surface area contributed by atoms with Gasteiger partial charge in [0.15, 0.2) is 0 Å². The number of ether oxygens (including phenoxy) is 1. The third kappa shape index (κ3) is 2.61. The normalized spacial score (nSPS) is 22.3. The van der Waals surface area contributed by atoms with Gasteiger partial charge in [0, 0.05) is 64.3 Å². The average molecular weight is 413 g/mol. The van der Waals surface area contributed by atoms with Crippen molar-refractivity contribution in [2.45, 2.75) is 32.0 Å². The first-order valence-electron chi connectivity index (χ1n) is 10.8. The lowest BCUT2D eigenvalue weighted by Gasteiger charge is -2.37. The summed E-state index contributed by atoms with van der Waals surface area (Å²) in [5.41, 5.74) is 6.02. The van der Waals surface area contributed by atoms with Crippen molar-refractivity contribution >= 4 is 33.2 Å². The molecule has 6 rings (SSSR count). The fourth-order valence-electron chi connectivity index (χ4n) is 5.58. The summed E-state index contributed by atoms with van der Waals surface area (Å²) in [5.74, 6) is 0.281. The number of nitrogens with zero attached hydrogens (tertiary/aromatic N) is 2. The molecule has 3 heterocycles. The molecule has 31 heavy (non-hydrogen) atoms. The van der Waals surface area contributed by atoms with Crippen LogP contribution in [-0.2, 0) is 11.3 Å². The molecule has 0 amide bonds. The van der Waals surface area contributed by atoms with Crippen LogP contribution in [0.15, 0.2) is 60.7 Å². The van der Waals surface area contributed by atoms with Gasteiger partial charge in [0.25, 0.3) is 5.69 Å². The van der Waals surface area contributed by atoms with E-state index in [9.17, 15) is 10.1 Å². The van der Waals surface area contributed by atoms with Crippen molar-refractivity contribution in [1.29, 1.82) is 0 Å². The average Bonchev–Trinajstić information content (AvgIpc) is 3.41. The third-order valence-corrected chi connectivity index (χ3v) is 6.92. The van der Waals surface area contributed by atoms with E-state index in [0.29, 0.717) is 0 Å². The Morgan fingerprint density at radius 2 is 1.90 bits per heavy atom. The molecular formula is C25H23N3O3. The minimum Gasteiger partial charge on any atom is -0.378 e. The van der Waals surface area contributed by atoms with Crippen LogP contribution in [0.3, 0.4) is 0 Å². The number of non-ortho nitro benzene ring substituents is 1. The zero-order valence-corrected chi connectivity index (χ0v) is 17.2. The smallest absolute Gasteiger partial charge is 0.269 e. The quantitative estimate of drug-likeness (QED) is 0.332. The van der Waals surface area contributed by atoms with Crippen LogP contribution in [0.5, 0.6) is 0 Å². The molecule has 0 radical (unpaired) electrons. The van der Waals surface area contributed by atoms with Crippen LogP contribution in [0.4, 0.5) is 11.4 Å². The highest BCUT2D eigenvalue weighted by Gasteiger charge is 2.43. The first-order chi connectivity index (χ1) is 15.2. The summed E-state index contributed by atoms with van der Waals surface area (Å²) >= 11 is 0. The van der Waals surface area contributed by atoms with Crippen LogP contribution >= 0.6 is 0 Å². The number of rotatable bonds is 3. The fourth-order valence-corrected chi connectivity index (χ4v) is 5.58. The molecular weight excluding hydrogens is 390 g/mol. The second-order valence-electron chi connectivity index (χ2n) is 8.40. The molecule has 1 saturated heterocycles. The Kier molecular flexibility index (Phi) is 4.05. The third-order valence-electron chi connectivity index (χ3n) is 6.92. The number of anilines is 1. The number of aryl methyl sites for hydroxylation is 1. The number of nitro groups is 1. The molecule has 1 aromatic heterocycles. The molecule has 0 unspecified atom stereocenters. The number of benzene rings is 3. The van der Waals surface area contributed by atoms with Gasteiger partial charge in [0.1, 0.15) is 0 Å². The first-order valence-corrected chi connectivity index (χ1v) is 10.8. The van der Waals surface area contributed by atoms with Crippen LogP contribution < -0.4 is 5.32 Å². The van der Waals surface area contributed by atoms with E-state index < -0.39 is 0 Å². The van der Waals surface area contributed by atoms with E-state index in [1.165, 1.54) is 27.4 Å². The Hall–Kier alpha value is -3.38. The largest absolute Gasteiger partial charge is 0.378 e. The molecule has 3 aromatic carbocycles. The van der Waals surface area contributed by atoms with Crippen LogP contribution in [0.1, 0.15) is 36.6 Å².